The summed E-state index contributed by atoms with van der Waals surface area (Å²) in [5.74, 6) is 3.08. The molecule has 1 aliphatic heterocycles. The lowest BCUT2D eigenvalue weighted by Gasteiger charge is -2.45. The van der Waals surface area contributed by atoms with E-state index in [0.29, 0.717) is 0 Å². The second kappa shape index (κ2) is 5.00. The van der Waals surface area contributed by atoms with Gasteiger partial charge in [0.25, 0.3) is 0 Å². The highest BCUT2D eigenvalue weighted by Crippen LogP contribution is 2.33. The quantitative estimate of drug-likeness (QED) is 0.766. The maximum atomic E-state index is 11.0. The summed E-state index contributed by atoms with van der Waals surface area (Å²) in [5, 5.41) is 11.0. The number of terminal acetylenes is 1. The molecule has 1 fully saturated rings. The van der Waals surface area contributed by atoms with Gasteiger partial charge < -0.3 is 10.0 Å². The number of hydrogen-bond acceptors (Lipinski definition) is 1. The van der Waals surface area contributed by atoms with Crippen LogP contribution in [0.2, 0.25) is 0 Å². The number of benzene rings is 1. The topological polar surface area (TPSA) is 24.7 Å². The lowest BCUT2D eigenvalue weighted by atomic mass is 9.76. The molecule has 1 aromatic rings. The molecule has 0 spiro atoms. The van der Waals surface area contributed by atoms with Crippen molar-refractivity contribution in [3.8, 4) is 12.3 Å². The van der Waals surface area contributed by atoms with Gasteiger partial charge in [0.15, 0.2) is 5.54 Å². The van der Waals surface area contributed by atoms with Gasteiger partial charge in [0.1, 0.15) is 5.60 Å². The van der Waals surface area contributed by atoms with Gasteiger partial charge in [-0.15, -0.1) is 6.42 Å². The second-order valence-electron chi connectivity index (χ2n) is 6.27. The Morgan fingerprint density at radius 1 is 1.37 bits per heavy atom. The number of rotatable bonds is 2. The van der Waals surface area contributed by atoms with E-state index in [9.17, 15) is 5.11 Å². The average Bonchev–Trinajstić information content (AvgIpc) is 2.42. The van der Waals surface area contributed by atoms with E-state index >= 15 is 0 Å². The molecule has 0 bridgehead atoms. The van der Waals surface area contributed by atoms with Gasteiger partial charge in [-0.1, -0.05) is 37.3 Å². The van der Waals surface area contributed by atoms with Crippen molar-refractivity contribution in [2.75, 3.05) is 13.1 Å². The van der Waals surface area contributed by atoms with Crippen molar-refractivity contribution in [3.05, 3.63) is 35.9 Å². The summed E-state index contributed by atoms with van der Waals surface area (Å²) in [6.07, 6.45) is 6.39. The van der Waals surface area contributed by atoms with E-state index in [4.69, 9.17) is 6.42 Å². The number of hydrogen-bond donors (Lipinski definition) is 2. The van der Waals surface area contributed by atoms with Crippen LogP contribution in [-0.2, 0) is 5.60 Å². The molecule has 0 radical (unpaired) electrons. The maximum absolute atomic E-state index is 11.0. The summed E-state index contributed by atoms with van der Waals surface area (Å²) in [4.78, 5) is 1.39. The Morgan fingerprint density at radius 2 is 2.00 bits per heavy atom. The van der Waals surface area contributed by atoms with E-state index in [-0.39, 0.29) is 11.5 Å². The highest BCUT2D eigenvalue weighted by molar-refractivity contribution is 5.23. The first-order valence-electron chi connectivity index (χ1n) is 7.01. The van der Waals surface area contributed by atoms with Gasteiger partial charge in [-0.25, -0.2) is 0 Å². The smallest absolute Gasteiger partial charge is 0.153 e. The van der Waals surface area contributed by atoms with Crippen LogP contribution in [0.4, 0.5) is 0 Å². The van der Waals surface area contributed by atoms with Crippen molar-refractivity contribution in [1.29, 1.82) is 0 Å². The number of piperidine rings is 1. The molecule has 2 rings (SSSR count). The number of likely N-dealkylation sites (tertiary alicyclic amines) is 1. The van der Waals surface area contributed by atoms with Crippen molar-refractivity contribution < 1.29 is 10.0 Å². The lowest BCUT2D eigenvalue weighted by Crippen LogP contribution is -3.21. The molecule has 2 heteroatoms. The molecule has 1 saturated heterocycles. The van der Waals surface area contributed by atoms with E-state index < -0.39 is 5.60 Å². The van der Waals surface area contributed by atoms with Gasteiger partial charge in [0, 0.05) is 26.2 Å². The summed E-state index contributed by atoms with van der Waals surface area (Å²) in [6.45, 7) is 8.14. The molecule has 1 unspecified atom stereocenters. The fraction of sp³-hybridized carbons (Fsp3) is 0.529. The highest BCUT2D eigenvalue weighted by atomic mass is 16.3. The van der Waals surface area contributed by atoms with Gasteiger partial charge in [-0.05, 0) is 11.5 Å². The predicted molar refractivity (Wildman–Crippen MR) is 77.7 cm³/mol. The third-order valence-electron chi connectivity index (χ3n) is 4.69. The Kier molecular flexibility index (Phi) is 3.71. The fourth-order valence-electron chi connectivity index (χ4n) is 3.05. The molecule has 1 heterocycles. The predicted octanol–water partition coefficient (Wildman–Crippen LogP) is 1.21. The summed E-state index contributed by atoms with van der Waals surface area (Å²) < 4.78 is 0. The Morgan fingerprint density at radius 3 is 2.53 bits per heavy atom. The molecule has 0 amide bonds. The molecular formula is C17H24NO+. The van der Waals surface area contributed by atoms with Crippen molar-refractivity contribution in [3.63, 3.8) is 0 Å². The molecule has 0 saturated carbocycles. The first-order valence-corrected chi connectivity index (χ1v) is 7.01. The number of aliphatic hydroxyl groups is 1. The van der Waals surface area contributed by atoms with Crippen molar-refractivity contribution in [2.24, 2.45) is 5.92 Å². The van der Waals surface area contributed by atoms with Gasteiger partial charge in [-0.2, -0.15) is 0 Å². The van der Waals surface area contributed by atoms with E-state index in [1.807, 2.05) is 30.3 Å². The molecular weight excluding hydrogens is 234 g/mol. The summed E-state index contributed by atoms with van der Waals surface area (Å²) in [7, 11) is 0. The van der Waals surface area contributed by atoms with Crippen molar-refractivity contribution in [2.45, 2.75) is 38.3 Å². The van der Waals surface area contributed by atoms with Crippen LogP contribution in [0, 0.1) is 18.3 Å². The minimum absolute atomic E-state index is 0.160. The highest BCUT2D eigenvalue weighted by Gasteiger charge is 2.45. The van der Waals surface area contributed by atoms with Gasteiger partial charge in [0.2, 0.25) is 0 Å². The molecule has 0 aliphatic carbocycles. The molecule has 3 atom stereocenters. The van der Waals surface area contributed by atoms with E-state index in [1.54, 1.807) is 0 Å². The van der Waals surface area contributed by atoms with E-state index in [2.05, 4.69) is 26.7 Å². The van der Waals surface area contributed by atoms with Crippen molar-refractivity contribution in [1.82, 2.24) is 0 Å². The Hall–Kier alpha value is -1.30. The lowest BCUT2D eigenvalue weighted by molar-refractivity contribution is -0.950. The summed E-state index contributed by atoms with van der Waals surface area (Å²) >= 11 is 0. The molecule has 2 nitrogen and oxygen atoms in total. The summed E-state index contributed by atoms with van der Waals surface area (Å²) in [5.41, 5.74) is 0.155. The molecule has 0 aromatic heterocycles. The number of quaternary nitrogens is 1. The maximum Gasteiger partial charge on any atom is 0.153 e. The second-order valence-corrected chi connectivity index (χ2v) is 6.27. The number of nitrogens with one attached hydrogen (secondary N) is 1. The summed E-state index contributed by atoms with van der Waals surface area (Å²) in [6, 6.07) is 10.0. The van der Waals surface area contributed by atoms with Crippen LogP contribution in [0.1, 0.15) is 32.8 Å². The SMILES string of the molecule is C#CC(C)(C)[NH+]1CC[C@](O)(c2ccccc2)[C@@H](C)C1. The first kappa shape index (κ1) is 14.1. The van der Waals surface area contributed by atoms with Crippen LogP contribution < -0.4 is 4.90 Å². The van der Waals surface area contributed by atoms with Crippen LogP contribution in [0.5, 0.6) is 0 Å². The zero-order valence-corrected chi connectivity index (χ0v) is 12.1. The van der Waals surface area contributed by atoms with Crippen molar-refractivity contribution >= 4 is 0 Å². The van der Waals surface area contributed by atoms with Crippen LogP contribution in [-0.4, -0.2) is 23.7 Å². The standard InChI is InChI=1S/C17H23NO/c1-5-16(3,4)18-12-11-17(19,14(2)13-18)15-9-7-6-8-10-15/h1,6-10,14,19H,11-13H2,2-4H3/p+1/t14-,17+/m0/s1. The minimum atomic E-state index is -0.713. The third kappa shape index (κ3) is 2.54. The van der Waals surface area contributed by atoms with Gasteiger partial charge >= 0.3 is 0 Å². The molecule has 2 N–H and O–H groups in total. The van der Waals surface area contributed by atoms with Crippen LogP contribution in [0.25, 0.3) is 0 Å². The minimum Gasteiger partial charge on any atom is -0.384 e. The normalized spacial score (nSPS) is 31.7. The molecule has 1 aliphatic rings. The molecule has 1 aromatic carbocycles. The van der Waals surface area contributed by atoms with Gasteiger partial charge in [-0.3, -0.25) is 0 Å². The Bertz CT molecular complexity index is 474. The average molecular weight is 258 g/mol. The first-order chi connectivity index (χ1) is 8.90. The van der Waals surface area contributed by atoms with Crippen LogP contribution in [0.3, 0.4) is 0 Å². The van der Waals surface area contributed by atoms with E-state index in [0.717, 1.165) is 25.1 Å². The van der Waals surface area contributed by atoms with Crippen LogP contribution in [0.15, 0.2) is 30.3 Å². The van der Waals surface area contributed by atoms with E-state index in [1.165, 1.54) is 4.90 Å². The largest absolute Gasteiger partial charge is 0.384 e. The Balaban J connectivity index is 2.20. The zero-order valence-electron chi connectivity index (χ0n) is 12.1. The molecule has 102 valence electrons. The monoisotopic (exact) mass is 258 g/mol. The fourth-order valence-corrected chi connectivity index (χ4v) is 3.05. The molecule has 19 heavy (non-hydrogen) atoms. The Labute approximate surface area is 116 Å². The van der Waals surface area contributed by atoms with Crippen LogP contribution >= 0.6 is 0 Å². The van der Waals surface area contributed by atoms with Gasteiger partial charge in [0.05, 0.1) is 13.1 Å². The zero-order chi connectivity index (χ0) is 14.1. The third-order valence-corrected chi connectivity index (χ3v) is 4.69.